The summed E-state index contributed by atoms with van der Waals surface area (Å²) >= 11 is 0. The first kappa shape index (κ1) is 10.5. The van der Waals surface area contributed by atoms with Crippen molar-refractivity contribution in [3.8, 4) is 0 Å². The maximum Gasteiger partial charge on any atom is 0.204 e. The summed E-state index contributed by atoms with van der Waals surface area (Å²) in [5, 5.41) is 3.99. The minimum Gasteiger partial charge on any atom is -0.380 e. The molecule has 76 valence electrons. The standard InChI is InChI=1S/C8H7FN2O.C2H6/c1-4-2-3-5-7(6(4)9)12-11-8(5)10;1-2/h2-3H,1H3,(H2,10,11);1-2H3. The summed E-state index contributed by atoms with van der Waals surface area (Å²) in [5.74, 6) is -0.166. The largest absolute Gasteiger partial charge is 0.380 e. The number of benzene rings is 1. The molecule has 4 heteroatoms. The summed E-state index contributed by atoms with van der Waals surface area (Å²) in [5.41, 5.74) is 6.08. The Balaban J connectivity index is 0.000000461. The molecule has 0 aliphatic carbocycles. The van der Waals surface area contributed by atoms with E-state index in [0.29, 0.717) is 10.9 Å². The van der Waals surface area contributed by atoms with Crippen molar-refractivity contribution in [1.82, 2.24) is 5.16 Å². The van der Waals surface area contributed by atoms with Crippen LogP contribution in [0.4, 0.5) is 10.2 Å². The fraction of sp³-hybridized carbons (Fsp3) is 0.300. The van der Waals surface area contributed by atoms with Gasteiger partial charge in [0.2, 0.25) is 5.58 Å². The molecule has 0 spiro atoms. The molecular weight excluding hydrogens is 183 g/mol. The maximum absolute atomic E-state index is 13.2. The molecule has 0 aliphatic rings. The van der Waals surface area contributed by atoms with Gasteiger partial charge in [0.25, 0.3) is 0 Å². The van der Waals surface area contributed by atoms with Crippen molar-refractivity contribution in [2.75, 3.05) is 5.73 Å². The van der Waals surface area contributed by atoms with Gasteiger partial charge in [0.15, 0.2) is 11.6 Å². The number of nitrogen functional groups attached to an aromatic ring is 1. The zero-order chi connectivity index (χ0) is 10.7. The number of aromatic nitrogens is 1. The summed E-state index contributed by atoms with van der Waals surface area (Å²) in [4.78, 5) is 0. The van der Waals surface area contributed by atoms with Crippen LogP contribution < -0.4 is 5.73 Å². The van der Waals surface area contributed by atoms with E-state index < -0.39 is 5.82 Å². The molecule has 0 fully saturated rings. The second-order valence-corrected chi connectivity index (χ2v) is 2.64. The minimum atomic E-state index is -0.392. The second kappa shape index (κ2) is 4.09. The third kappa shape index (κ3) is 1.55. The van der Waals surface area contributed by atoms with E-state index >= 15 is 0 Å². The van der Waals surface area contributed by atoms with Crippen LogP contribution in [0.3, 0.4) is 0 Å². The van der Waals surface area contributed by atoms with Crippen molar-refractivity contribution in [2.45, 2.75) is 20.8 Å². The molecule has 0 radical (unpaired) electrons. The van der Waals surface area contributed by atoms with Crippen molar-refractivity contribution in [1.29, 1.82) is 0 Å². The average Bonchev–Trinajstić information content (AvgIpc) is 2.58. The molecule has 0 bridgehead atoms. The molecule has 1 aromatic carbocycles. The first-order valence-electron chi connectivity index (χ1n) is 4.50. The van der Waals surface area contributed by atoms with Gasteiger partial charge in [0.1, 0.15) is 0 Å². The Bertz CT molecular complexity index is 437. The molecule has 2 N–H and O–H groups in total. The van der Waals surface area contributed by atoms with E-state index in [9.17, 15) is 4.39 Å². The maximum atomic E-state index is 13.2. The van der Waals surface area contributed by atoms with Gasteiger partial charge >= 0.3 is 0 Å². The molecule has 2 aromatic rings. The number of anilines is 1. The first-order valence-corrected chi connectivity index (χ1v) is 4.50. The topological polar surface area (TPSA) is 52.0 Å². The van der Waals surface area contributed by atoms with E-state index in [0.717, 1.165) is 0 Å². The lowest BCUT2D eigenvalue weighted by Crippen LogP contribution is -1.85. The lowest BCUT2D eigenvalue weighted by Gasteiger charge is -1.93. The van der Waals surface area contributed by atoms with Gasteiger partial charge in [0.05, 0.1) is 5.39 Å². The molecule has 0 atom stereocenters. The van der Waals surface area contributed by atoms with Gasteiger partial charge in [-0.05, 0) is 18.6 Å². The molecule has 0 aliphatic heterocycles. The summed E-state index contributed by atoms with van der Waals surface area (Å²) in [6.45, 7) is 5.66. The molecule has 2 rings (SSSR count). The van der Waals surface area contributed by atoms with Gasteiger partial charge in [-0.2, -0.15) is 0 Å². The van der Waals surface area contributed by atoms with Crippen molar-refractivity contribution in [3.63, 3.8) is 0 Å². The Morgan fingerprint density at radius 1 is 1.36 bits per heavy atom. The van der Waals surface area contributed by atoms with E-state index in [-0.39, 0.29) is 11.4 Å². The normalized spacial score (nSPS) is 9.71. The smallest absolute Gasteiger partial charge is 0.204 e. The number of nitrogens with two attached hydrogens (primary N) is 1. The van der Waals surface area contributed by atoms with Gasteiger partial charge in [-0.25, -0.2) is 4.39 Å². The summed E-state index contributed by atoms with van der Waals surface area (Å²) in [7, 11) is 0. The SMILES string of the molecule is CC.Cc1ccc2c(N)noc2c1F. The predicted octanol–water partition coefficient (Wildman–Crippen LogP) is 2.88. The van der Waals surface area contributed by atoms with Crippen LogP contribution in [0.25, 0.3) is 11.0 Å². The molecule has 1 heterocycles. The van der Waals surface area contributed by atoms with Gasteiger partial charge in [0, 0.05) is 0 Å². The molecule has 0 unspecified atom stereocenters. The zero-order valence-corrected chi connectivity index (χ0v) is 8.47. The lowest BCUT2D eigenvalue weighted by molar-refractivity contribution is 0.443. The number of hydrogen-bond acceptors (Lipinski definition) is 3. The van der Waals surface area contributed by atoms with Gasteiger partial charge in [-0.15, -0.1) is 0 Å². The molecular formula is C10H13FN2O. The predicted molar refractivity (Wildman–Crippen MR) is 54.5 cm³/mol. The third-order valence-corrected chi connectivity index (χ3v) is 1.80. The van der Waals surface area contributed by atoms with Gasteiger partial charge in [-0.3, -0.25) is 0 Å². The van der Waals surface area contributed by atoms with E-state index in [1.807, 2.05) is 13.8 Å². The highest BCUT2D eigenvalue weighted by Crippen LogP contribution is 2.24. The molecule has 1 aromatic heterocycles. The molecule has 14 heavy (non-hydrogen) atoms. The van der Waals surface area contributed by atoms with Crippen LogP contribution in [0.2, 0.25) is 0 Å². The van der Waals surface area contributed by atoms with E-state index in [1.165, 1.54) is 0 Å². The van der Waals surface area contributed by atoms with E-state index in [1.54, 1.807) is 19.1 Å². The number of aryl methyl sites for hydroxylation is 1. The van der Waals surface area contributed by atoms with E-state index in [2.05, 4.69) is 5.16 Å². The fourth-order valence-electron chi connectivity index (χ4n) is 1.09. The van der Waals surface area contributed by atoms with Gasteiger partial charge in [-0.1, -0.05) is 25.1 Å². The number of fused-ring (bicyclic) bond motifs is 1. The van der Waals surface area contributed by atoms with Crippen LogP contribution in [-0.4, -0.2) is 5.16 Å². The monoisotopic (exact) mass is 196 g/mol. The van der Waals surface area contributed by atoms with Gasteiger partial charge < -0.3 is 10.3 Å². The number of rotatable bonds is 0. The Morgan fingerprint density at radius 3 is 2.64 bits per heavy atom. The van der Waals surface area contributed by atoms with Crippen molar-refractivity contribution >= 4 is 16.8 Å². The van der Waals surface area contributed by atoms with Crippen molar-refractivity contribution in [3.05, 3.63) is 23.5 Å². The Kier molecular flexibility index (Phi) is 3.06. The molecule has 3 nitrogen and oxygen atoms in total. The number of nitrogens with zero attached hydrogens (tertiary/aromatic N) is 1. The summed E-state index contributed by atoms with van der Waals surface area (Å²) in [6, 6.07) is 3.34. The fourth-order valence-corrected chi connectivity index (χ4v) is 1.09. The Hall–Kier alpha value is -1.58. The zero-order valence-electron chi connectivity index (χ0n) is 8.47. The third-order valence-electron chi connectivity index (χ3n) is 1.80. The van der Waals surface area contributed by atoms with Crippen LogP contribution in [0.1, 0.15) is 19.4 Å². The van der Waals surface area contributed by atoms with Crippen molar-refractivity contribution in [2.24, 2.45) is 0 Å². The quantitative estimate of drug-likeness (QED) is 0.704. The molecule has 0 saturated heterocycles. The van der Waals surface area contributed by atoms with Crippen LogP contribution in [0.15, 0.2) is 16.7 Å². The Morgan fingerprint density at radius 2 is 2.00 bits per heavy atom. The highest BCUT2D eigenvalue weighted by Gasteiger charge is 2.11. The van der Waals surface area contributed by atoms with Crippen LogP contribution >= 0.6 is 0 Å². The minimum absolute atomic E-state index is 0.132. The summed E-state index contributed by atoms with van der Waals surface area (Å²) in [6.07, 6.45) is 0. The number of halogens is 1. The Labute approximate surface area is 81.7 Å². The molecule has 0 amide bonds. The van der Waals surface area contributed by atoms with E-state index in [4.69, 9.17) is 10.3 Å². The second-order valence-electron chi connectivity index (χ2n) is 2.64. The first-order chi connectivity index (χ1) is 6.70. The molecule has 0 saturated carbocycles. The number of hydrogen-bond donors (Lipinski definition) is 1. The van der Waals surface area contributed by atoms with Crippen LogP contribution in [0, 0.1) is 12.7 Å². The highest BCUT2D eigenvalue weighted by molar-refractivity contribution is 5.87. The highest BCUT2D eigenvalue weighted by atomic mass is 19.1. The summed E-state index contributed by atoms with van der Waals surface area (Å²) < 4.78 is 17.9. The van der Waals surface area contributed by atoms with Crippen molar-refractivity contribution < 1.29 is 8.91 Å². The lowest BCUT2D eigenvalue weighted by atomic mass is 10.2. The average molecular weight is 196 g/mol. The van der Waals surface area contributed by atoms with Crippen LogP contribution in [0.5, 0.6) is 0 Å². The van der Waals surface area contributed by atoms with Crippen LogP contribution in [-0.2, 0) is 0 Å².